The van der Waals surface area contributed by atoms with Gasteiger partial charge in [-0.3, -0.25) is 0 Å². The van der Waals surface area contributed by atoms with Gasteiger partial charge < -0.3 is 48.5 Å². The molecule has 10 nitrogen and oxygen atoms in total. The van der Waals surface area contributed by atoms with Crippen LogP contribution >= 0.6 is 0 Å². The van der Waals surface area contributed by atoms with Crippen molar-refractivity contribution in [3.8, 4) is 0 Å². The lowest BCUT2D eigenvalue weighted by molar-refractivity contribution is -0.216. The molecule has 0 aliphatic carbocycles. The maximum absolute atomic E-state index is 9.61. The summed E-state index contributed by atoms with van der Waals surface area (Å²) in [5, 5.41) is 27.7. The Morgan fingerprint density at radius 3 is 1.63 bits per heavy atom. The summed E-state index contributed by atoms with van der Waals surface area (Å²) >= 11 is 0. The van der Waals surface area contributed by atoms with Crippen molar-refractivity contribution in [3.05, 3.63) is 108 Å². The largest absolute Gasteiger partial charge is 0.394 e. The molecule has 10 heteroatoms. The molecule has 3 aromatic rings. The van der Waals surface area contributed by atoms with E-state index in [4.69, 9.17) is 38.3 Å². The maximum Gasteiger partial charge on any atom is 0.189 e. The molecule has 2 heterocycles. The lowest BCUT2D eigenvalue weighted by Crippen LogP contribution is -2.50. The summed E-state index contributed by atoms with van der Waals surface area (Å²) in [5.74, 6) is 0. The Morgan fingerprint density at radius 1 is 0.696 bits per heavy atom. The van der Waals surface area contributed by atoms with Crippen LogP contribution in [0.2, 0.25) is 0 Å². The van der Waals surface area contributed by atoms with Crippen molar-refractivity contribution in [1.82, 2.24) is 0 Å². The summed E-state index contributed by atoms with van der Waals surface area (Å²) in [6, 6.07) is 30.3. The molecule has 0 aromatic heterocycles. The van der Waals surface area contributed by atoms with E-state index in [0.717, 1.165) is 16.7 Å². The first kappa shape index (κ1) is 37.7. The number of hydrogen-bond acceptors (Lipinski definition) is 10. The van der Waals surface area contributed by atoms with E-state index < -0.39 is 36.0 Å². The molecule has 2 fully saturated rings. The lowest BCUT2D eigenvalue weighted by Gasteiger charge is -2.34. The van der Waals surface area contributed by atoms with Gasteiger partial charge in [-0.25, -0.2) is 0 Å². The van der Waals surface area contributed by atoms with Gasteiger partial charge in [-0.2, -0.15) is 0 Å². The minimum Gasteiger partial charge on any atom is -0.394 e. The summed E-state index contributed by atoms with van der Waals surface area (Å²) in [6.07, 6.45) is -4.06. The second-order valence-electron chi connectivity index (χ2n) is 11.5. The van der Waals surface area contributed by atoms with Crippen molar-refractivity contribution in [2.24, 2.45) is 0 Å². The fraction of sp³-hybridized carbons (Fsp3) is 0.500. The molecule has 0 saturated carbocycles. The van der Waals surface area contributed by atoms with Gasteiger partial charge in [0, 0.05) is 14.2 Å². The average molecular weight is 643 g/mol. The monoisotopic (exact) mass is 642 g/mol. The highest BCUT2D eigenvalue weighted by molar-refractivity contribution is 5.16. The molecule has 8 atom stereocenters. The zero-order valence-electron chi connectivity index (χ0n) is 26.4. The van der Waals surface area contributed by atoms with E-state index in [1.807, 2.05) is 97.9 Å². The van der Waals surface area contributed by atoms with Crippen LogP contribution in [0, 0.1) is 0 Å². The van der Waals surface area contributed by atoms with Crippen LogP contribution in [0.1, 0.15) is 38.0 Å². The van der Waals surface area contributed by atoms with E-state index >= 15 is 0 Å². The van der Waals surface area contributed by atoms with Crippen LogP contribution in [0.5, 0.6) is 0 Å². The van der Waals surface area contributed by atoms with Crippen molar-refractivity contribution in [2.45, 2.75) is 89.3 Å². The maximum atomic E-state index is 9.61. The fourth-order valence-electron chi connectivity index (χ4n) is 5.47. The molecule has 2 saturated heterocycles. The summed E-state index contributed by atoms with van der Waals surface area (Å²) in [7, 11) is 3.00. The zero-order chi connectivity index (χ0) is 32.3. The SMILES string of the molecule is C.COC1O[C@H](CO)[C@@H](O)[C@@]1(C)O.COC1O[C@H](COCc2ccccc2)[C@@H](OCc2ccccc2)[C@@]1(C)OCc1ccccc1. The average Bonchev–Trinajstić information content (AvgIpc) is 3.47. The third-order valence-electron chi connectivity index (χ3n) is 8.06. The smallest absolute Gasteiger partial charge is 0.189 e. The van der Waals surface area contributed by atoms with Gasteiger partial charge in [0.25, 0.3) is 0 Å². The van der Waals surface area contributed by atoms with Gasteiger partial charge in [0.05, 0.1) is 33.0 Å². The molecule has 0 amide bonds. The Bertz CT molecular complexity index is 1240. The Balaban J connectivity index is 0.000000375. The van der Waals surface area contributed by atoms with Crippen LogP contribution in [0.25, 0.3) is 0 Å². The van der Waals surface area contributed by atoms with E-state index in [1.54, 1.807) is 7.11 Å². The van der Waals surface area contributed by atoms with Gasteiger partial charge in [0.1, 0.15) is 35.6 Å². The fourth-order valence-corrected chi connectivity index (χ4v) is 5.47. The second kappa shape index (κ2) is 18.0. The lowest BCUT2D eigenvalue weighted by atomic mass is 9.96. The first-order valence-corrected chi connectivity index (χ1v) is 15.1. The van der Waals surface area contributed by atoms with Crippen LogP contribution in [0.4, 0.5) is 0 Å². The number of aliphatic hydroxyl groups is 3. The molecule has 3 N–H and O–H groups in total. The van der Waals surface area contributed by atoms with E-state index in [9.17, 15) is 10.2 Å². The van der Waals surface area contributed by atoms with E-state index in [0.29, 0.717) is 26.4 Å². The molecular weight excluding hydrogens is 592 g/mol. The van der Waals surface area contributed by atoms with Crippen molar-refractivity contribution >= 4 is 0 Å². The summed E-state index contributed by atoms with van der Waals surface area (Å²) in [6.45, 7) is 4.83. The van der Waals surface area contributed by atoms with Gasteiger partial charge >= 0.3 is 0 Å². The molecule has 0 radical (unpaired) electrons. The van der Waals surface area contributed by atoms with Gasteiger partial charge in [-0.1, -0.05) is 98.4 Å². The second-order valence-corrected chi connectivity index (χ2v) is 11.5. The highest BCUT2D eigenvalue weighted by atomic mass is 16.7. The number of rotatable bonds is 13. The molecule has 254 valence electrons. The third kappa shape index (κ3) is 9.42. The van der Waals surface area contributed by atoms with E-state index in [2.05, 4.69) is 0 Å². The molecule has 2 unspecified atom stereocenters. The Labute approximate surface area is 272 Å². The van der Waals surface area contributed by atoms with Crippen LogP contribution in [0.3, 0.4) is 0 Å². The number of hydrogen-bond donors (Lipinski definition) is 3. The summed E-state index contributed by atoms with van der Waals surface area (Å²) in [4.78, 5) is 0. The first-order chi connectivity index (χ1) is 21.7. The Hall–Kier alpha value is -2.74. The normalized spacial score (nSPS) is 30.3. The summed E-state index contributed by atoms with van der Waals surface area (Å²) in [5.41, 5.74) is 1.03. The number of methoxy groups -OCH3 is 2. The molecule has 46 heavy (non-hydrogen) atoms. The predicted octanol–water partition coefficient (Wildman–Crippen LogP) is 4.23. The van der Waals surface area contributed by atoms with E-state index in [1.165, 1.54) is 14.0 Å². The minimum atomic E-state index is -1.46. The van der Waals surface area contributed by atoms with Crippen LogP contribution in [0.15, 0.2) is 91.0 Å². The molecule has 2 aliphatic rings. The third-order valence-corrected chi connectivity index (χ3v) is 8.06. The topological polar surface area (TPSA) is 125 Å². The van der Waals surface area contributed by atoms with Crippen LogP contribution in [-0.2, 0) is 53.0 Å². The molecule has 5 rings (SSSR count). The van der Waals surface area contributed by atoms with Gasteiger partial charge in [0.15, 0.2) is 12.6 Å². The van der Waals surface area contributed by atoms with Crippen LogP contribution < -0.4 is 0 Å². The van der Waals surface area contributed by atoms with Gasteiger partial charge in [-0.05, 0) is 30.5 Å². The quantitative estimate of drug-likeness (QED) is 0.250. The summed E-state index contributed by atoms with van der Waals surface area (Å²) < 4.78 is 40.7. The Morgan fingerprint density at radius 2 is 1.17 bits per heavy atom. The van der Waals surface area contributed by atoms with Crippen LogP contribution in [-0.4, -0.2) is 91.0 Å². The standard InChI is InChI=1S/C28H32O5.C7H14O5.CH4/c1-28(32-20-24-16-10-5-11-17-24)26(31-19-23-14-8-4-9-15-23)25(33-27(28)29-2)21-30-18-22-12-6-3-7-13-22;1-7(10)5(9)4(3-8)12-6(7)11-2;/h3-17,25-27H,18-21H2,1-2H3;4-6,8-10H,3H2,1-2H3;1H4/t25-,26-,27?,28-;4-,5-,6?,7-;/m11./s1. The minimum absolute atomic E-state index is 0. The highest BCUT2D eigenvalue weighted by Gasteiger charge is 2.56. The molecule has 0 bridgehead atoms. The highest BCUT2D eigenvalue weighted by Crippen LogP contribution is 2.38. The molecule has 2 aliphatic heterocycles. The number of benzene rings is 3. The molecule has 3 aromatic carbocycles. The number of aliphatic hydroxyl groups excluding tert-OH is 2. The van der Waals surface area contributed by atoms with Crippen molar-refractivity contribution in [1.29, 1.82) is 0 Å². The number of ether oxygens (including phenoxy) is 7. The van der Waals surface area contributed by atoms with Crippen molar-refractivity contribution in [2.75, 3.05) is 27.4 Å². The Kier molecular flexibility index (Phi) is 14.7. The van der Waals surface area contributed by atoms with Gasteiger partial charge in [-0.15, -0.1) is 0 Å². The van der Waals surface area contributed by atoms with Gasteiger partial charge in [0.2, 0.25) is 0 Å². The van der Waals surface area contributed by atoms with Crippen molar-refractivity contribution < 1.29 is 48.5 Å². The molecule has 0 spiro atoms. The van der Waals surface area contributed by atoms with E-state index in [-0.39, 0.29) is 26.2 Å². The first-order valence-electron chi connectivity index (χ1n) is 15.1. The molecular formula is C36H50O10. The van der Waals surface area contributed by atoms with Crippen molar-refractivity contribution in [3.63, 3.8) is 0 Å². The predicted molar refractivity (Wildman–Crippen MR) is 173 cm³/mol. The zero-order valence-corrected chi connectivity index (χ0v) is 26.4.